The molecule has 0 amide bonds. The van der Waals surface area contributed by atoms with Crippen LogP contribution in [0.5, 0.6) is 0 Å². The van der Waals surface area contributed by atoms with Crippen LogP contribution in [0, 0.1) is 10.1 Å². The molecule has 0 radical (unpaired) electrons. The van der Waals surface area contributed by atoms with E-state index in [-0.39, 0.29) is 10.7 Å². The number of halogens is 1. The quantitative estimate of drug-likeness (QED) is 0.359. The molecule has 1 aromatic rings. The molecule has 0 aliphatic rings. The van der Waals surface area contributed by atoms with Gasteiger partial charge in [-0.1, -0.05) is 11.6 Å². The topological polar surface area (TPSA) is 69.4 Å². The van der Waals surface area contributed by atoms with Gasteiger partial charge in [-0.25, -0.2) is 4.79 Å². The zero-order valence-corrected chi connectivity index (χ0v) is 9.81. The smallest absolute Gasteiger partial charge is 0.330 e. The van der Waals surface area contributed by atoms with Crippen LogP contribution in [0.2, 0.25) is 5.02 Å². The molecular weight excluding hydrogens is 246 g/mol. The van der Waals surface area contributed by atoms with E-state index in [0.717, 1.165) is 0 Å². The highest BCUT2D eigenvalue weighted by Crippen LogP contribution is 2.25. The van der Waals surface area contributed by atoms with E-state index in [1.54, 1.807) is 6.92 Å². The summed E-state index contributed by atoms with van der Waals surface area (Å²) in [7, 11) is 0. The summed E-state index contributed by atoms with van der Waals surface area (Å²) >= 11 is 5.71. The number of esters is 1. The van der Waals surface area contributed by atoms with Gasteiger partial charge in [0.1, 0.15) is 5.02 Å². The molecule has 0 fully saturated rings. The van der Waals surface area contributed by atoms with Crippen molar-refractivity contribution >= 4 is 29.3 Å². The first kappa shape index (κ1) is 13.2. The van der Waals surface area contributed by atoms with E-state index in [2.05, 4.69) is 4.74 Å². The molecule has 0 heterocycles. The van der Waals surface area contributed by atoms with Crippen LogP contribution >= 0.6 is 11.6 Å². The molecule has 5 nitrogen and oxygen atoms in total. The molecule has 0 saturated carbocycles. The van der Waals surface area contributed by atoms with E-state index in [1.807, 2.05) is 0 Å². The van der Waals surface area contributed by atoms with Gasteiger partial charge in [-0.2, -0.15) is 0 Å². The number of carbonyl (C=O) groups is 1. The van der Waals surface area contributed by atoms with Crippen molar-refractivity contribution in [3.63, 3.8) is 0 Å². The minimum absolute atomic E-state index is 0.0287. The van der Waals surface area contributed by atoms with Gasteiger partial charge in [0.2, 0.25) is 0 Å². The van der Waals surface area contributed by atoms with Gasteiger partial charge in [0.15, 0.2) is 0 Å². The standard InChI is InChI=1S/C11H10ClNO4/c1-2-17-11(14)6-4-8-3-5-10(13(15)16)9(12)7-8/h3-7H,2H2,1H3. The molecule has 17 heavy (non-hydrogen) atoms. The highest BCUT2D eigenvalue weighted by atomic mass is 35.5. The number of hydrogen-bond donors (Lipinski definition) is 0. The summed E-state index contributed by atoms with van der Waals surface area (Å²) in [5.74, 6) is -0.470. The summed E-state index contributed by atoms with van der Waals surface area (Å²) in [6.07, 6.45) is 2.72. The lowest BCUT2D eigenvalue weighted by atomic mass is 10.2. The molecule has 0 saturated heterocycles. The third-order valence-corrected chi connectivity index (χ3v) is 2.17. The van der Waals surface area contributed by atoms with Crippen molar-refractivity contribution in [3.05, 3.63) is 45.0 Å². The second-order valence-electron chi connectivity index (χ2n) is 3.05. The number of nitro benzene ring substituents is 1. The van der Waals surface area contributed by atoms with Crippen LogP contribution < -0.4 is 0 Å². The lowest BCUT2D eigenvalue weighted by Crippen LogP contribution is -1.98. The second kappa shape index (κ2) is 6.00. The van der Waals surface area contributed by atoms with Gasteiger partial charge in [0.25, 0.3) is 5.69 Å². The van der Waals surface area contributed by atoms with E-state index < -0.39 is 10.9 Å². The van der Waals surface area contributed by atoms with Gasteiger partial charge < -0.3 is 4.74 Å². The molecule has 0 aliphatic heterocycles. The second-order valence-corrected chi connectivity index (χ2v) is 3.46. The highest BCUT2D eigenvalue weighted by molar-refractivity contribution is 6.32. The van der Waals surface area contributed by atoms with Crippen molar-refractivity contribution in [1.82, 2.24) is 0 Å². The van der Waals surface area contributed by atoms with Gasteiger partial charge in [0, 0.05) is 12.1 Å². The van der Waals surface area contributed by atoms with Crippen molar-refractivity contribution in [2.24, 2.45) is 0 Å². The fourth-order valence-electron chi connectivity index (χ4n) is 1.13. The fraction of sp³-hybridized carbons (Fsp3) is 0.182. The molecular formula is C11H10ClNO4. The Balaban J connectivity index is 2.84. The van der Waals surface area contributed by atoms with Crippen molar-refractivity contribution in [2.45, 2.75) is 6.92 Å². The summed E-state index contributed by atoms with van der Waals surface area (Å²) in [6.45, 7) is 2.00. The van der Waals surface area contributed by atoms with Crippen LogP contribution in [-0.2, 0) is 9.53 Å². The zero-order valence-electron chi connectivity index (χ0n) is 9.05. The Labute approximate surface area is 103 Å². The van der Waals surface area contributed by atoms with Gasteiger partial charge in [-0.3, -0.25) is 10.1 Å². The molecule has 1 aromatic carbocycles. The number of nitro groups is 1. The first-order chi connectivity index (χ1) is 8.04. The maximum atomic E-state index is 11.0. The monoisotopic (exact) mass is 255 g/mol. The molecule has 0 unspecified atom stereocenters. The molecule has 1 rings (SSSR count). The average molecular weight is 256 g/mol. The van der Waals surface area contributed by atoms with E-state index in [0.29, 0.717) is 12.2 Å². The first-order valence-electron chi connectivity index (χ1n) is 4.83. The maximum Gasteiger partial charge on any atom is 0.330 e. The average Bonchev–Trinajstić information content (AvgIpc) is 2.26. The minimum atomic E-state index is -0.568. The summed E-state index contributed by atoms with van der Waals surface area (Å²) in [6, 6.07) is 4.20. The Bertz CT molecular complexity index is 471. The summed E-state index contributed by atoms with van der Waals surface area (Å²) < 4.78 is 4.69. The van der Waals surface area contributed by atoms with Crippen LogP contribution in [0.25, 0.3) is 6.08 Å². The van der Waals surface area contributed by atoms with E-state index in [4.69, 9.17) is 11.6 Å². The molecule has 6 heteroatoms. The number of ether oxygens (including phenoxy) is 1. The Morgan fingerprint density at radius 2 is 2.29 bits per heavy atom. The summed E-state index contributed by atoms with van der Waals surface area (Å²) in [5, 5.41) is 10.5. The fourth-order valence-corrected chi connectivity index (χ4v) is 1.39. The van der Waals surface area contributed by atoms with Gasteiger partial charge >= 0.3 is 5.97 Å². The van der Waals surface area contributed by atoms with Gasteiger partial charge in [-0.05, 0) is 30.7 Å². The van der Waals surface area contributed by atoms with Crippen LogP contribution in [0.3, 0.4) is 0 Å². The molecule has 0 N–H and O–H groups in total. The minimum Gasteiger partial charge on any atom is -0.463 e. The Hall–Kier alpha value is -1.88. The van der Waals surface area contributed by atoms with Crippen molar-refractivity contribution in [3.8, 4) is 0 Å². The normalized spacial score (nSPS) is 10.5. The zero-order chi connectivity index (χ0) is 12.8. The molecule has 0 aliphatic carbocycles. The number of hydrogen-bond acceptors (Lipinski definition) is 4. The Morgan fingerprint density at radius 1 is 1.59 bits per heavy atom. The van der Waals surface area contributed by atoms with E-state index in [9.17, 15) is 14.9 Å². The third-order valence-electron chi connectivity index (χ3n) is 1.87. The molecule has 0 atom stereocenters. The lowest BCUT2D eigenvalue weighted by molar-refractivity contribution is -0.384. The van der Waals surface area contributed by atoms with Crippen LogP contribution in [0.15, 0.2) is 24.3 Å². The lowest BCUT2D eigenvalue weighted by Gasteiger charge is -1.97. The van der Waals surface area contributed by atoms with Crippen LogP contribution in [0.1, 0.15) is 12.5 Å². The summed E-state index contributed by atoms with van der Waals surface area (Å²) in [5.41, 5.74) is 0.425. The number of nitrogens with zero attached hydrogens (tertiary/aromatic N) is 1. The summed E-state index contributed by atoms with van der Waals surface area (Å²) in [4.78, 5) is 21.0. The van der Waals surface area contributed by atoms with E-state index in [1.165, 1.54) is 30.4 Å². The highest BCUT2D eigenvalue weighted by Gasteiger charge is 2.11. The maximum absolute atomic E-state index is 11.0. The van der Waals surface area contributed by atoms with Gasteiger partial charge in [-0.15, -0.1) is 0 Å². The SMILES string of the molecule is CCOC(=O)C=Cc1ccc([N+](=O)[O-])c(Cl)c1. The van der Waals surface area contributed by atoms with Crippen LogP contribution in [-0.4, -0.2) is 17.5 Å². The van der Waals surface area contributed by atoms with Crippen LogP contribution in [0.4, 0.5) is 5.69 Å². The molecule has 0 spiro atoms. The Morgan fingerprint density at radius 3 is 2.82 bits per heavy atom. The number of benzene rings is 1. The largest absolute Gasteiger partial charge is 0.463 e. The first-order valence-corrected chi connectivity index (χ1v) is 5.21. The molecule has 90 valence electrons. The Kier molecular flexibility index (Phi) is 4.66. The third kappa shape index (κ3) is 3.88. The van der Waals surface area contributed by atoms with Crippen molar-refractivity contribution in [1.29, 1.82) is 0 Å². The molecule has 0 bridgehead atoms. The van der Waals surface area contributed by atoms with E-state index >= 15 is 0 Å². The van der Waals surface area contributed by atoms with Crippen molar-refractivity contribution < 1.29 is 14.5 Å². The predicted molar refractivity (Wildman–Crippen MR) is 63.8 cm³/mol. The van der Waals surface area contributed by atoms with Gasteiger partial charge in [0.05, 0.1) is 11.5 Å². The number of rotatable bonds is 4. The predicted octanol–water partition coefficient (Wildman–Crippen LogP) is 2.82. The van der Waals surface area contributed by atoms with Crippen molar-refractivity contribution in [2.75, 3.05) is 6.61 Å². The number of carbonyl (C=O) groups excluding carboxylic acids is 1. The molecule has 0 aromatic heterocycles.